The van der Waals surface area contributed by atoms with Gasteiger partial charge in [-0.15, -0.1) is 12.4 Å². The molecule has 1 aromatic rings. The molecule has 1 aliphatic heterocycles. The molecule has 1 aliphatic rings. The van der Waals surface area contributed by atoms with Crippen molar-refractivity contribution in [3.63, 3.8) is 0 Å². The highest BCUT2D eigenvalue weighted by Gasteiger charge is 2.30. The van der Waals surface area contributed by atoms with Crippen LogP contribution in [0, 0.1) is 0 Å². The van der Waals surface area contributed by atoms with Crippen LogP contribution in [0.25, 0.3) is 0 Å². The summed E-state index contributed by atoms with van der Waals surface area (Å²) in [5.74, 6) is 0.179. The van der Waals surface area contributed by atoms with Crippen molar-refractivity contribution in [2.75, 3.05) is 13.1 Å². The normalized spacial score (nSPS) is 19.1. The Morgan fingerprint density at radius 1 is 1.38 bits per heavy atom. The average Bonchev–Trinajstić information content (AvgIpc) is 2.94. The van der Waals surface area contributed by atoms with Crippen molar-refractivity contribution < 1.29 is 9.90 Å². The van der Waals surface area contributed by atoms with Gasteiger partial charge in [0, 0.05) is 19.0 Å². The lowest BCUT2D eigenvalue weighted by Crippen LogP contribution is -2.36. The summed E-state index contributed by atoms with van der Waals surface area (Å²) in [5.41, 5.74) is 6.38. The van der Waals surface area contributed by atoms with Gasteiger partial charge in [-0.3, -0.25) is 4.79 Å². The summed E-state index contributed by atoms with van der Waals surface area (Å²) in [6.07, 6.45) is 3.40. The van der Waals surface area contributed by atoms with Crippen molar-refractivity contribution in [1.82, 2.24) is 4.90 Å². The van der Waals surface area contributed by atoms with Crippen molar-refractivity contribution >= 4 is 18.3 Å². The van der Waals surface area contributed by atoms with E-state index < -0.39 is 6.10 Å². The molecular formula is C16H25ClN2O2. The molecule has 2 rings (SSSR count). The van der Waals surface area contributed by atoms with Gasteiger partial charge in [-0.25, -0.2) is 0 Å². The number of likely N-dealkylation sites (tertiary alicyclic amines) is 1. The lowest BCUT2D eigenvalue weighted by atomic mass is 10.0. The molecule has 1 saturated heterocycles. The van der Waals surface area contributed by atoms with E-state index in [4.69, 9.17) is 5.73 Å². The number of hydrogen-bond acceptors (Lipinski definition) is 3. The molecule has 0 aliphatic carbocycles. The Hall–Kier alpha value is -1.10. The van der Waals surface area contributed by atoms with Gasteiger partial charge in [-0.2, -0.15) is 0 Å². The summed E-state index contributed by atoms with van der Waals surface area (Å²) in [6.45, 7) is 1.37. The van der Waals surface area contributed by atoms with Crippen molar-refractivity contribution in [2.24, 2.45) is 5.73 Å². The van der Waals surface area contributed by atoms with Gasteiger partial charge in [0.05, 0.1) is 6.10 Å². The van der Waals surface area contributed by atoms with Gasteiger partial charge in [-0.05, 0) is 37.8 Å². The van der Waals surface area contributed by atoms with E-state index >= 15 is 0 Å². The zero-order chi connectivity index (χ0) is 14.4. The molecule has 5 heteroatoms. The maximum absolute atomic E-state index is 12.1. The van der Waals surface area contributed by atoms with Crippen molar-refractivity contribution in [3.8, 4) is 0 Å². The highest BCUT2D eigenvalue weighted by atomic mass is 35.5. The first kappa shape index (κ1) is 18.0. The van der Waals surface area contributed by atoms with Crippen molar-refractivity contribution in [2.45, 2.75) is 44.2 Å². The number of carbonyl (C=O) groups is 1. The number of amides is 1. The molecular weight excluding hydrogens is 288 g/mol. The van der Waals surface area contributed by atoms with Crippen LogP contribution in [0.1, 0.15) is 43.8 Å². The van der Waals surface area contributed by atoms with E-state index in [9.17, 15) is 9.90 Å². The molecule has 1 amide bonds. The molecule has 0 aromatic heterocycles. The zero-order valence-electron chi connectivity index (χ0n) is 12.3. The molecule has 118 valence electrons. The quantitative estimate of drug-likeness (QED) is 0.846. The predicted octanol–water partition coefficient (Wildman–Crippen LogP) is 2.26. The number of carbonyl (C=O) groups excluding carboxylic acids is 1. The minimum atomic E-state index is -0.496. The van der Waals surface area contributed by atoms with Crippen LogP contribution in [-0.2, 0) is 4.79 Å². The number of nitrogens with two attached hydrogens (primary N) is 1. The third-order valence-electron chi connectivity index (χ3n) is 3.97. The summed E-state index contributed by atoms with van der Waals surface area (Å²) in [5, 5.41) is 10.3. The van der Waals surface area contributed by atoms with Crippen LogP contribution < -0.4 is 5.73 Å². The molecule has 21 heavy (non-hydrogen) atoms. The van der Waals surface area contributed by atoms with Gasteiger partial charge in [0.2, 0.25) is 5.91 Å². The Balaban J connectivity index is 0.00000220. The number of hydrogen-bond donors (Lipinski definition) is 2. The fourth-order valence-corrected chi connectivity index (χ4v) is 2.87. The number of aliphatic hydroxyl groups excluding tert-OH is 1. The second kappa shape index (κ2) is 9.03. The summed E-state index contributed by atoms with van der Waals surface area (Å²) in [4.78, 5) is 14.1. The van der Waals surface area contributed by atoms with Gasteiger partial charge in [0.1, 0.15) is 0 Å². The smallest absolute Gasteiger partial charge is 0.222 e. The average molecular weight is 313 g/mol. The SMILES string of the molecule is Cl.NCCCC(=O)N1CCCC1CC(O)c1ccccc1. The van der Waals surface area contributed by atoms with Crippen LogP contribution in [-0.4, -0.2) is 35.0 Å². The Bertz CT molecular complexity index is 428. The Labute approximate surface area is 132 Å². The molecule has 0 radical (unpaired) electrons. The molecule has 0 spiro atoms. The first-order valence-electron chi connectivity index (χ1n) is 7.45. The minimum Gasteiger partial charge on any atom is -0.388 e. The molecule has 1 heterocycles. The summed E-state index contributed by atoms with van der Waals surface area (Å²) in [7, 11) is 0. The van der Waals surface area contributed by atoms with E-state index in [1.165, 1.54) is 0 Å². The molecule has 3 N–H and O–H groups in total. The fraction of sp³-hybridized carbons (Fsp3) is 0.562. The highest BCUT2D eigenvalue weighted by molar-refractivity contribution is 5.85. The lowest BCUT2D eigenvalue weighted by Gasteiger charge is -2.26. The van der Waals surface area contributed by atoms with Crippen LogP contribution in [0.2, 0.25) is 0 Å². The second-order valence-corrected chi connectivity index (χ2v) is 5.44. The third-order valence-corrected chi connectivity index (χ3v) is 3.97. The Kier molecular flexibility index (Phi) is 7.72. The number of benzene rings is 1. The van der Waals surface area contributed by atoms with E-state index in [1.807, 2.05) is 35.2 Å². The summed E-state index contributed by atoms with van der Waals surface area (Å²) >= 11 is 0. The first-order chi connectivity index (χ1) is 9.72. The summed E-state index contributed by atoms with van der Waals surface area (Å²) in [6, 6.07) is 9.82. The minimum absolute atomic E-state index is 0. The third kappa shape index (κ3) is 4.99. The van der Waals surface area contributed by atoms with E-state index in [2.05, 4.69) is 0 Å². The number of nitrogens with zero attached hydrogens (tertiary/aromatic N) is 1. The topological polar surface area (TPSA) is 66.6 Å². The van der Waals surface area contributed by atoms with Gasteiger partial charge in [0.15, 0.2) is 0 Å². The summed E-state index contributed by atoms with van der Waals surface area (Å²) < 4.78 is 0. The molecule has 4 nitrogen and oxygen atoms in total. The molecule has 1 aromatic carbocycles. The van der Waals surface area contributed by atoms with Crippen molar-refractivity contribution in [1.29, 1.82) is 0 Å². The monoisotopic (exact) mass is 312 g/mol. The van der Waals surface area contributed by atoms with E-state index in [0.29, 0.717) is 19.4 Å². The van der Waals surface area contributed by atoms with Crippen LogP contribution in [0.3, 0.4) is 0 Å². The van der Waals surface area contributed by atoms with Crippen molar-refractivity contribution in [3.05, 3.63) is 35.9 Å². The van der Waals surface area contributed by atoms with Crippen LogP contribution in [0.5, 0.6) is 0 Å². The van der Waals surface area contributed by atoms with Gasteiger partial charge >= 0.3 is 0 Å². The Morgan fingerprint density at radius 2 is 2.10 bits per heavy atom. The van der Waals surface area contributed by atoms with Gasteiger partial charge in [0.25, 0.3) is 0 Å². The molecule has 2 atom stereocenters. The second-order valence-electron chi connectivity index (χ2n) is 5.44. The largest absolute Gasteiger partial charge is 0.388 e. The van der Waals surface area contributed by atoms with Gasteiger partial charge in [-0.1, -0.05) is 30.3 Å². The zero-order valence-corrected chi connectivity index (χ0v) is 13.1. The van der Waals surface area contributed by atoms with Crippen LogP contribution in [0.15, 0.2) is 30.3 Å². The Morgan fingerprint density at radius 3 is 2.76 bits per heavy atom. The molecule has 0 bridgehead atoms. The highest BCUT2D eigenvalue weighted by Crippen LogP contribution is 2.27. The maximum atomic E-state index is 12.1. The number of rotatable bonds is 6. The predicted molar refractivity (Wildman–Crippen MR) is 86.3 cm³/mol. The molecule has 2 unspecified atom stereocenters. The van der Waals surface area contributed by atoms with E-state index in [0.717, 1.165) is 31.4 Å². The lowest BCUT2D eigenvalue weighted by molar-refractivity contribution is -0.132. The molecule has 1 fully saturated rings. The van der Waals surface area contributed by atoms with Gasteiger partial charge < -0.3 is 15.7 Å². The standard InChI is InChI=1S/C16H24N2O2.ClH/c17-10-4-9-16(20)18-11-5-8-14(18)12-15(19)13-6-2-1-3-7-13;/h1-3,6-7,14-15,19H,4-5,8-12,17H2;1H. The van der Waals surface area contributed by atoms with E-state index in [1.54, 1.807) is 0 Å². The fourth-order valence-electron chi connectivity index (χ4n) is 2.87. The number of halogens is 1. The van der Waals surface area contributed by atoms with E-state index in [-0.39, 0.29) is 24.4 Å². The maximum Gasteiger partial charge on any atom is 0.222 e. The number of aliphatic hydroxyl groups is 1. The van der Waals surface area contributed by atoms with Crippen LogP contribution in [0.4, 0.5) is 0 Å². The molecule has 0 saturated carbocycles. The van der Waals surface area contributed by atoms with Crippen LogP contribution >= 0.6 is 12.4 Å². The first-order valence-corrected chi connectivity index (χ1v) is 7.45.